The molecule has 1 fully saturated rings. The minimum Gasteiger partial charge on any atom is -0.368 e. The number of nitrogens with one attached hydrogen (secondary N) is 1. The quantitative estimate of drug-likeness (QED) is 0.741. The van der Waals surface area contributed by atoms with Crippen molar-refractivity contribution in [2.75, 3.05) is 50.9 Å². The van der Waals surface area contributed by atoms with Crippen LogP contribution in [0.2, 0.25) is 0 Å². The number of carbonyl (C=O) groups is 1. The van der Waals surface area contributed by atoms with E-state index >= 15 is 0 Å². The van der Waals surface area contributed by atoms with Gasteiger partial charge in [0.05, 0.1) is 12.7 Å². The number of amides is 1. The zero-order valence-electron chi connectivity index (χ0n) is 16.4. The first-order chi connectivity index (χ1) is 13.2. The first kappa shape index (κ1) is 20.4. The molecule has 1 amide bonds. The molecule has 2 aliphatic heterocycles. The number of nitrogens with zero attached hydrogens (tertiary/aromatic N) is 2. The highest BCUT2D eigenvalue weighted by Crippen LogP contribution is 2.31. The van der Waals surface area contributed by atoms with Crippen LogP contribution in [0.4, 0.5) is 5.69 Å². The second kappa shape index (κ2) is 10.3. The van der Waals surface area contributed by atoms with Gasteiger partial charge in [0.2, 0.25) is 5.91 Å². The minimum absolute atomic E-state index is 0.155. The lowest BCUT2D eigenvalue weighted by Crippen LogP contribution is -2.32. The fourth-order valence-corrected chi connectivity index (χ4v) is 4.54. The summed E-state index contributed by atoms with van der Waals surface area (Å²) < 4.78 is 6.28. The number of likely N-dealkylation sites (N-methyl/N-ethyl adjacent to an activating group) is 1. The third kappa shape index (κ3) is 5.82. The average Bonchev–Trinajstić information content (AvgIpc) is 3.15. The molecule has 0 aliphatic carbocycles. The molecule has 1 aromatic carbocycles. The van der Waals surface area contributed by atoms with E-state index in [-0.39, 0.29) is 12.0 Å². The van der Waals surface area contributed by atoms with Crippen molar-refractivity contribution >= 4 is 23.4 Å². The van der Waals surface area contributed by atoms with Crippen LogP contribution in [-0.4, -0.2) is 62.9 Å². The zero-order valence-corrected chi connectivity index (χ0v) is 17.3. The molecule has 5 nitrogen and oxygen atoms in total. The lowest BCUT2D eigenvalue weighted by atomic mass is 10.1. The highest BCUT2D eigenvalue weighted by atomic mass is 32.2. The lowest BCUT2D eigenvalue weighted by molar-refractivity contribution is -0.118. The molecule has 1 saturated heterocycles. The molecule has 0 aromatic heterocycles. The average molecular weight is 390 g/mol. The fourth-order valence-electron chi connectivity index (χ4n) is 3.46. The molecule has 1 unspecified atom stereocenters. The van der Waals surface area contributed by atoms with Gasteiger partial charge in [0, 0.05) is 42.4 Å². The van der Waals surface area contributed by atoms with Gasteiger partial charge in [0.15, 0.2) is 0 Å². The highest BCUT2D eigenvalue weighted by molar-refractivity contribution is 8.03. The van der Waals surface area contributed by atoms with Crippen LogP contribution in [0.5, 0.6) is 0 Å². The van der Waals surface area contributed by atoms with Crippen LogP contribution in [0.1, 0.15) is 24.8 Å². The van der Waals surface area contributed by atoms with Gasteiger partial charge in [-0.2, -0.15) is 0 Å². The lowest BCUT2D eigenvalue weighted by Gasteiger charge is -2.22. The Balaban J connectivity index is 1.65. The van der Waals surface area contributed by atoms with Crippen molar-refractivity contribution in [2.45, 2.75) is 32.0 Å². The van der Waals surface area contributed by atoms with Gasteiger partial charge in [-0.25, -0.2) is 0 Å². The molecule has 1 aromatic rings. The Hall–Kier alpha value is -1.34. The van der Waals surface area contributed by atoms with Gasteiger partial charge in [-0.05, 0) is 51.2 Å². The number of ether oxygens (including phenoxy) is 1. The fraction of sp³-hybridized carbons (Fsp3) is 0.571. The van der Waals surface area contributed by atoms with Crippen molar-refractivity contribution in [2.24, 2.45) is 0 Å². The second-order valence-corrected chi connectivity index (χ2v) is 8.37. The van der Waals surface area contributed by atoms with E-state index in [0.717, 1.165) is 56.0 Å². The van der Waals surface area contributed by atoms with Crippen molar-refractivity contribution in [3.05, 3.63) is 40.8 Å². The smallest absolute Gasteiger partial charge is 0.228 e. The number of rotatable bonds is 8. The van der Waals surface area contributed by atoms with Gasteiger partial charge < -0.3 is 19.9 Å². The van der Waals surface area contributed by atoms with Crippen LogP contribution >= 0.6 is 11.8 Å². The van der Waals surface area contributed by atoms with E-state index in [2.05, 4.69) is 35.5 Å². The van der Waals surface area contributed by atoms with E-state index in [1.807, 2.05) is 35.8 Å². The van der Waals surface area contributed by atoms with E-state index in [9.17, 15) is 4.79 Å². The third-order valence-corrected chi connectivity index (χ3v) is 6.30. The van der Waals surface area contributed by atoms with Gasteiger partial charge in [0.25, 0.3) is 0 Å². The Morgan fingerprint density at radius 3 is 2.96 bits per heavy atom. The second-order valence-electron chi connectivity index (χ2n) is 7.20. The number of thioether (sulfide) groups is 1. The summed E-state index contributed by atoms with van der Waals surface area (Å²) >= 11 is 1.92. The molecule has 1 atom stereocenters. The van der Waals surface area contributed by atoms with E-state index in [4.69, 9.17) is 4.74 Å². The Kier molecular flexibility index (Phi) is 7.76. The van der Waals surface area contributed by atoms with E-state index < -0.39 is 0 Å². The first-order valence-electron chi connectivity index (χ1n) is 9.84. The molecule has 2 aliphatic rings. The van der Waals surface area contributed by atoms with Crippen molar-refractivity contribution < 1.29 is 9.53 Å². The van der Waals surface area contributed by atoms with Gasteiger partial charge in [-0.1, -0.05) is 18.2 Å². The molecule has 3 rings (SSSR count). The minimum atomic E-state index is 0.155. The Labute approximate surface area is 167 Å². The summed E-state index contributed by atoms with van der Waals surface area (Å²) in [4.78, 5) is 18.0. The molecular formula is C21H31N3O2S. The van der Waals surface area contributed by atoms with E-state index in [1.165, 1.54) is 4.91 Å². The largest absolute Gasteiger partial charge is 0.368 e. The molecule has 0 bridgehead atoms. The predicted molar refractivity (Wildman–Crippen MR) is 113 cm³/mol. The van der Waals surface area contributed by atoms with Crippen LogP contribution in [-0.2, 0) is 16.1 Å². The van der Waals surface area contributed by atoms with Crippen LogP contribution in [0.25, 0.3) is 0 Å². The molecular weight excluding hydrogens is 358 g/mol. The number of carbonyl (C=O) groups excluding carboxylic acids is 1. The predicted octanol–water partition coefficient (Wildman–Crippen LogP) is 2.87. The molecule has 6 heteroatoms. The summed E-state index contributed by atoms with van der Waals surface area (Å²) in [5.41, 5.74) is 2.11. The Morgan fingerprint density at radius 1 is 1.30 bits per heavy atom. The molecule has 1 N–H and O–H groups in total. The summed E-state index contributed by atoms with van der Waals surface area (Å²) in [6.07, 6.45) is 5.16. The standard InChI is InChI=1S/C21H31N3O2S/c1-22-10-8-19(20-7-4-14-27-20)26-16-17-5-3-6-18(15-17)24-13-12-23(2)11-9-21(24)25/h3,5-7,15,19,22H,4,8-14,16H2,1-2H3. The summed E-state index contributed by atoms with van der Waals surface area (Å²) in [7, 11) is 4.05. The number of hydrogen-bond donors (Lipinski definition) is 1. The molecule has 27 heavy (non-hydrogen) atoms. The Morgan fingerprint density at radius 2 is 2.19 bits per heavy atom. The van der Waals surface area contributed by atoms with E-state index in [0.29, 0.717) is 13.0 Å². The van der Waals surface area contributed by atoms with Gasteiger partial charge in [-0.3, -0.25) is 4.79 Å². The number of hydrogen-bond acceptors (Lipinski definition) is 5. The van der Waals surface area contributed by atoms with Gasteiger partial charge in [0.1, 0.15) is 0 Å². The van der Waals surface area contributed by atoms with Gasteiger partial charge >= 0.3 is 0 Å². The monoisotopic (exact) mass is 389 g/mol. The summed E-state index contributed by atoms with van der Waals surface area (Å²) in [5.74, 6) is 1.37. The van der Waals surface area contributed by atoms with Crippen molar-refractivity contribution in [3.8, 4) is 0 Å². The maximum absolute atomic E-state index is 12.5. The Bertz CT molecular complexity index is 665. The van der Waals surface area contributed by atoms with Crippen molar-refractivity contribution in [1.29, 1.82) is 0 Å². The summed E-state index contributed by atoms with van der Waals surface area (Å²) in [5, 5.41) is 3.22. The molecule has 148 valence electrons. The summed E-state index contributed by atoms with van der Waals surface area (Å²) in [6.45, 7) is 4.00. The van der Waals surface area contributed by atoms with Crippen LogP contribution in [0, 0.1) is 0 Å². The normalized spacial score (nSPS) is 19.9. The number of anilines is 1. The molecule has 0 spiro atoms. The number of allylic oxidation sites excluding steroid dienone is 1. The zero-order chi connectivity index (χ0) is 19.1. The van der Waals surface area contributed by atoms with Crippen LogP contribution in [0.3, 0.4) is 0 Å². The first-order valence-corrected chi connectivity index (χ1v) is 10.8. The van der Waals surface area contributed by atoms with Gasteiger partial charge in [-0.15, -0.1) is 11.8 Å². The number of benzene rings is 1. The van der Waals surface area contributed by atoms with Crippen LogP contribution in [0.15, 0.2) is 35.2 Å². The third-order valence-electron chi connectivity index (χ3n) is 5.09. The molecule has 0 radical (unpaired) electrons. The highest BCUT2D eigenvalue weighted by Gasteiger charge is 2.21. The van der Waals surface area contributed by atoms with Crippen LogP contribution < -0.4 is 10.2 Å². The van der Waals surface area contributed by atoms with Crippen molar-refractivity contribution in [1.82, 2.24) is 10.2 Å². The maximum Gasteiger partial charge on any atom is 0.228 e. The molecule has 0 saturated carbocycles. The van der Waals surface area contributed by atoms with E-state index in [1.54, 1.807) is 0 Å². The summed E-state index contributed by atoms with van der Waals surface area (Å²) in [6, 6.07) is 8.25. The molecule has 2 heterocycles. The topological polar surface area (TPSA) is 44.8 Å². The SMILES string of the molecule is CNCCC(OCc1cccc(N2CCN(C)CCC2=O)c1)C1=CCCS1. The maximum atomic E-state index is 12.5. The van der Waals surface area contributed by atoms with Crippen molar-refractivity contribution in [3.63, 3.8) is 0 Å².